The molecule has 1 aromatic heterocycles. The van der Waals surface area contributed by atoms with Gasteiger partial charge in [-0.15, -0.1) is 0 Å². The Kier molecular flexibility index (Phi) is 4.84. The maximum absolute atomic E-state index is 14.1. The molecule has 0 aliphatic carbocycles. The van der Waals surface area contributed by atoms with Gasteiger partial charge in [-0.05, 0) is 38.5 Å². The Morgan fingerprint density at radius 1 is 1.12 bits per heavy atom. The molecule has 3 aromatic rings. The van der Waals surface area contributed by atoms with Crippen LogP contribution in [0.1, 0.15) is 32.9 Å². The number of hydrogen-bond acceptors (Lipinski definition) is 2. The molecular formula is C20H19F2N3O. The summed E-state index contributed by atoms with van der Waals surface area (Å²) in [5.41, 5.74) is 3.57. The molecule has 26 heavy (non-hydrogen) atoms. The molecule has 0 unspecified atom stereocenters. The molecule has 0 bridgehead atoms. The third kappa shape index (κ3) is 3.49. The first-order valence-electron chi connectivity index (χ1n) is 8.22. The number of nitrogens with zero attached hydrogens (tertiary/aromatic N) is 2. The average Bonchev–Trinajstić information content (AvgIpc) is 2.87. The average molecular weight is 355 g/mol. The molecular weight excluding hydrogens is 336 g/mol. The number of hydrogen-bond donors (Lipinski definition) is 1. The van der Waals surface area contributed by atoms with Crippen LogP contribution >= 0.6 is 0 Å². The fourth-order valence-corrected chi connectivity index (χ4v) is 2.95. The summed E-state index contributed by atoms with van der Waals surface area (Å²) in [5.74, 6) is -1.68. The van der Waals surface area contributed by atoms with Crippen molar-refractivity contribution in [1.29, 1.82) is 0 Å². The van der Waals surface area contributed by atoms with E-state index in [-0.39, 0.29) is 11.6 Å². The van der Waals surface area contributed by atoms with Crippen LogP contribution in [0.25, 0.3) is 5.69 Å². The molecule has 134 valence electrons. The molecule has 0 atom stereocenters. The highest BCUT2D eigenvalue weighted by Crippen LogP contribution is 2.21. The highest BCUT2D eigenvalue weighted by molar-refractivity contribution is 5.96. The second-order valence-corrected chi connectivity index (χ2v) is 6.23. The number of carbonyl (C=O) groups is 1. The van der Waals surface area contributed by atoms with E-state index in [2.05, 4.69) is 10.4 Å². The van der Waals surface area contributed by atoms with E-state index in [9.17, 15) is 13.6 Å². The van der Waals surface area contributed by atoms with Crippen molar-refractivity contribution in [2.75, 3.05) is 0 Å². The lowest BCUT2D eigenvalue weighted by molar-refractivity contribution is 0.0949. The molecule has 4 nitrogen and oxygen atoms in total. The highest BCUT2D eigenvalue weighted by Gasteiger charge is 2.20. The molecule has 0 aliphatic heterocycles. The Hall–Kier alpha value is -3.02. The normalized spacial score (nSPS) is 10.8. The maximum atomic E-state index is 14.1. The van der Waals surface area contributed by atoms with E-state index in [1.54, 1.807) is 13.8 Å². The van der Waals surface area contributed by atoms with Crippen molar-refractivity contribution in [2.24, 2.45) is 0 Å². The molecule has 2 aromatic carbocycles. The van der Waals surface area contributed by atoms with E-state index < -0.39 is 11.6 Å². The van der Waals surface area contributed by atoms with Gasteiger partial charge in [-0.25, -0.2) is 13.5 Å². The van der Waals surface area contributed by atoms with Gasteiger partial charge in [-0.1, -0.05) is 29.8 Å². The van der Waals surface area contributed by atoms with Crippen molar-refractivity contribution >= 4 is 5.91 Å². The number of nitrogens with one attached hydrogen (secondary N) is 1. The van der Waals surface area contributed by atoms with Crippen molar-refractivity contribution < 1.29 is 13.6 Å². The van der Waals surface area contributed by atoms with Crippen LogP contribution in [0.3, 0.4) is 0 Å². The van der Waals surface area contributed by atoms with Crippen molar-refractivity contribution in [1.82, 2.24) is 15.1 Å². The number of halogens is 2. The van der Waals surface area contributed by atoms with Gasteiger partial charge in [0.25, 0.3) is 5.91 Å². The number of rotatable bonds is 4. The highest BCUT2D eigenvalue weighted by atomic mass is 19.1. The third-order valence-electron chi connectivity index (χ3n) is 4.19. The zero-order valence-corrected chi connectivity index (χ0v) is 14.8. The summed E-state index contributed by atoms with van der Waals surface area (Å²) in [6.45, 7) is 5.74. The SMILES string of the molecule is Cc1cccc(CNC(=O)c2c(C)nn(-c3ccc(F)cc3F)c2C)c1. The monoisotopic (exact) mass is 355 g/mol. The molecule has 0 aliphatic rings. The van der Waals surface area contributed by atoms with Gasteiger partial charge < -0.3 is 5.32 Å². The van der Waals surface area contributed by atoms with Crippen LogP contribution in [0.4, 0.5) is 8.78 Å². The summed E-state index contributed by atoms with van der Waals surface area (Å²) >= 11 is 0. The van der Waals surface area contributed by atoms with E-state index in [1.165, 1.54) is 10.7 Å². The van der Waals surface area contributed by atoms with E-state index in [0.717, 1.165) is 23.3 Å². The van der Waals surface area contributed by atoms with E-state index in [4.69, 9.17) is 0 Å². The minimum Gasteiger partial charge on any atom is -0.348 e. The minimum absolute atomic E-state index is 0.102. The van der Waals surface area contributed by atoms with E-state index in [1.807, 2.05) is 31.2 Å². The maximum Gasteiger partial charge on any atom is 0.255 e. The lowest BCUT2D eigenvalue weighted by atomic mass is 10.1. The van der Waals surface area contributed by atoms with Gasteiger partial charge in [0.05, 0.1) is 17.0 Å². The van der Waals surface area contributed by atoms with Gasteiger partial charge in [0.15, 0.2) is 5.82 Å². The number of aromatic nitrogens is 2. The third-order valence-corrected chi connectivity index (χ3v) is 4.19. The zero-order valence-electron chi connectivity index (χ0n) is 14.8. The predicted molar refractivity (Wildman–Crippen MR) is 95.3 cm³/mol. The molecule has 1 amide bonds. The summed E-state index contributed by atoms with van der Waals surface area (Å²) in [4.78, 5) is 12.6. The van der Waals surface area contributed by atoms with Gasteiger partial charge in [0.1, 0.15) is 11.5 Å². The van der Waals surface area contributed by atoms with Crippen LogP contribution in [0.5, 0.6) is 0 Å². The lowest BCUT2D eigenvalue weighted by Crippen LogP contribution is -2.24. The van der Waals surface area contributed by atoms with Crippen LogP contribution in [0, 0.1) is 32.4 Å². The molecule has 0 radical (unpaired) electrons. The molecule has 0 fully saturated rings. The van der Waals surface area contributed by atoms with Gasteiger partial charge >= 0.3 is 0 Å². The first-order valence-corrected chi connectivity index (χ1v) is 8.22. The predicted octanol–water partition coefficient (Wildman–Crippen LogP) is 4.01. The molecule has 1 N–H and O–H groups in total. The summed E-state index contributed by atoms with van der Waals surface area (Å²) < 4.78 is 28.5. The van der Waals surface area contributed by atoms with Crippen LogP contribution in [-0.4, -0.2) is 15.7 Å². The molecule has 3 rings (SSSR count). The van der Waals surface area contributed by atoms with E-state index in [0.29, 0.717) is 23.5 Å². The van der Waals surface area contributed by atoms with Crippen LogP contribution in [-0.2, 0) is 6.54 Å². The van der Waals surface area contributed by atoms with Gasteiger partial charge in [-0.3, -0.25) is 4.79 Å². The summed E-state index contributed by atoms with van der Waals surface area (Å²) in [6, 6.07) is 11.1. The largest absolute Gasteiger partial charge is 0.348 e. The summed E-state index contributed by atoms with van der Waals surface area (Å²) in [6.07, 6.45) is 0. The summed E-state index contributed by atoms with van der Waals surface area (Å²) in [5, 5.41) is 7.12. The Morgan fingerprint density at radius 3 is 2.58 bits per heavy atom. The second-order valence-electron chi connectivity index (χ2n) is 6.23. The van der Waals surface area contributed by atoms with Crippen molar-refractivity contribution in [3.8, 4) is 5.69 Å². The topological polar surface area (TPSA) is 46.9 Å². The number of benzene rings is 2. The summed E-state index contributed by atoms with van der Waals surface area (Å²) in [7, 11) is 0. The molecule has 0 saturated heterocycles. The molecule has 0 saturated carbocycles. The number of amides is 1. The van der Waals surface area contributed by atoms with Gasteiger partial charge in [0, 0.05) is 12.6 Å². The van der Waals surface area contributed by atoms with Crippen LogP contribution in [0.15, 0.2) is 42.5 Å². The Morgan fingerprint density at radius 2 is 1.88 bits per heavy atom. The van der Waals surface area contributed by atoms with Crippen LogP contribution in [0.2, 0.25) is 0 Å². The Balaban J connectivity index is 1.86. The number of aryl methyl sites for hydroxylation is 2. The zero-order chi connectivity index (χ0) is 18.8. The van der Waals surface area contributed by atoms with Crippen LogP contribution < -0.4 is 5.32 Å². The van der Waals surface area contributed by atoms with Gasteiger partial charge in [0.2, 0.25) is 0 Å². The van der Waals surface area contributed by atoms with Gasteiger partial charge in [-0.2, -0.15) is 5.10 Å². The lowest BCUT2D eigenvalue weighted by Gasteiger charge is -2.08. The standard InChI is InChI=1S/C20H19F2N3O/c1-12-5-4-6-15(9-12)11-23-20(26)19-13(2)24-25(14(19)3)18-8-7-16(21)10-17(18)22/h4-10H,11H2,1-3H3,(H,23,26). The first kappa shape index (κ1) is 17.8. The smallest absolute Gasteiger partial charge is 0.255 e. The quantitative estimate of drug-likeness (QED) is 0.769. The Labute approximate surface area is 150 Å². The van der Waals surface area contributed by atoms with Crippen molar-refractivity contribution in [2.45, 2.75) is 27.3 Å². The van der Waals surface area contributed by atoms with Crippen molar-refractivity contribution in [3.63, 3.8) is 0 Å². The van der Waals surface area contributed by atoms with E-state index >= 15 is 0 Å². The molecule has 1 heterocycles. The Bertz CT molecular complexity index is 979. The molecule has 0 spiro atoms. The van der Waals surface area contributed by atoms with Crippen molar-refractivity contribution in [3.05, 3.63) is 82.2 Å². The minimum atomic E-state index is -0.734. The fourth-order valence-electron chi connectivity index (χ4n) is 2.95. The molecule has 6 heteroatoms. The number of carbonyl (C=O) groups excluding carboxylic acids is 1. The fraction of sp³-hybridized carbons (Fsp3) is 0.200. The first-order chi connectivity index (χ1) is 12.4. The second kappa shape index (κ2) is 7.07.